The Morgan fingerprint density at radius 2 is 2.03 bits per heavy atom. The summed E-state index contributed by atoms with van der Waals surface area (Å²) >= 11 is 2.62. The van der Waals surface area contributed by atoms with Crippen LogP contribution < -0.4 is 0 Å². The molecular weight excluding hydrogens is 496 g/mol. The largest absolute Gasteiger partial charge is 0.511 e. The number of aliphatic hydroxyl groups is 2. The van der Waals surface area contributed by atoms with Gasteiger partial charge in [0.2, 0.25) is 12.7 Å². The Balaban J connectivity index is 1.74. The number of thiazole rings is 1. The van der Waals surface area contributed by atoms with E-state index in [9.17, 15) is 24.6 Å². The van der Waals surface area contributed by atoms with Gasteiger partial charge in [-0.15, -0.1) is 11.3 Å². The van der Waals surface area contributed by atoms with Crippen LogP contribution in [0.1, 0.15) is 51.1 Å². The highest BCUT2D eigenvalue weighted by Crippen LogP contribution is 2.51. The molecule has 2 N–H and O–H groups in total. The van der Waals surface area contributed by atoms with Crippen molar-refractivity contribution in [3.63, 3.8) is 0 Å². The van der Waals surface area contributed by atoms with Gasteiger partial charge in [0.25, 0.3) is 0 Å². The number of amides is 1. The molecule has 0 bridgehead atoms. The zero-order chi connectivity index (χ0) is 25.7. The number of ether oxygens (including phenoxy) is 3. The van der Waals surface area contributed by atoms with Crippen LogP contribution in [0.2, 0.25) is 0 Å². The predicted molar refractivity (Wildman–Crippen MR) is 130 cm³/mol. The van der Waals surface area contributed by atoms with Crippen LogP contribution in [0.15, 0.2) is 21.5 Å². The minimum atomic E-state index is -0.936. The number of carbonyl (C=O) groups excluding carboxylic acids is 3. The number of nitrogens with zero attached hydrogens (tertiary/aromatic N) is 2. The van der Waals surface area contributed by atoms with Crippen molar-refractivity contribution in [3.05, 3.63) is 32.1 Å². The number of β-lactam (4-membered cyclic amide) rings is 1. The van der Waals surface area contributed by atoms with Gasteiger partial charge in [-0.2, -0.15) is 0 Å². The second kappa shape index (κ2) is 12.0. The average Bonchev–Trinajstić information content (AvgIpc) is 3.37. The molecule has 1 amide bonds. The predicted octanol–water partition coefficient (Wildman–Crippen LogP) is 3.25. The number of esters is 1. The maximum atomic E-state index is 13.0. The summed E-state index contributed by atoms with van der Waals surface area (Å²) in [6.45, 7) is 6.34. The highest BCUT2D eigenvalue weighted by molar-refractivity contribution is 8.06. The van der Waals surface area contributed by atoms with Crippen LogP contribution in [0.3, 0.4) is 0 Å². The summed E-state index contributed by atoms with van der Waals surface area (Å²) in [5, 5.41) is 21.2. The molecule has 2 aliphatic heterocycles. The van der Waals surface area contributed by atoms with Crippen molar-refractivity contribution >= 4 is 47.2 Å². The summed E-state index contributed by atoms with van der Waals surface area (Å²) in [6, 6.07) is -0.377. The van der Waals surface area contributed by atoms with Gasteiger partial charge in [0.1, 0.15) is 11.8 Å². The Kier molecular flexibility index (Phi) is 9.34. The van der Waals surface area contributed by atoms with Crippen molar-refractivity contribution < 1.29 is 38.8 Å². The van der Waals surface area contributed by atoms with E-state index >= 15 is 0 Å². The lowest BCUT2D eigenvalue weighted by Gasteiger charge is -2.46. The van der Waals surface area contributed by atoms with Crippen LogP contribution in [-0.4, -0.2) is 63.2 Å². The van der Waals surface area contributed by atoms with Gasteiger partial charge in [-0.25, -0.2) is 14.6 Å². The number of rotatable bonds is 11. The molecule has 4 atom stereocenters. The summed E-state index contributed by atoms with van der Waals surface area (Å²) in [7, 11) is 0. The number of hydrogen-bond acceptors (Lipinski definition) is 11. The molecule has 2 aliphatic rings. The zero-order valence-corrected chi connectivity index (χ0v) is 21.6. The summed E-state index contributed by atoms with van der Waals surface area (Å²) in [4.78, 5) is 44.4. The van der Waals surface area contributed by atoms with Gasteiger partial charge in [-0.1, -0.05) is 32.5 Å². The minimum absolute atomic E-state index is 0.0719. The Hall–Kier alpha value is -2.41. The van der Waals surface area contributed by atoms with Gasteiger partial charge in [0.15, 0.2) is 0 Å². The van der Waals surface area contributed by atoms with Crippen molar-refractivity contribution in [2.45, 2.75) is 65.4 Å². The molecule has 0 radical (unpaired) electrons. The van der Waals surface area contributed by atoms with E-state index in [0.29, 0.717) is 23.4 Å². The Morgan fingerprint density at radius 1 is 1.31 bits per heavy atom. The maximum absolute atomic E-state index is 13.0. The Labute approximate surface area is 211 Å². The molecule has 35 heavy (non-hydrogen) atoms. The molecule has 0 spiro atoms. The number of thioether (sulfide) groups is 1. The number of aliphatic hydroxyl groups excluding tert-OH is 2. The summed E-state index contributed by atoms with van der Waals surface area (Å²) < 4.78 is 15.1. The van der Waals surface area contributed by atoms with E-state index in [2.05, 4.69) is 4.98 Å². The molecule has 10 nitrogen and oxygen atoms in total. The number of aromatic nitrogens is 1. The van der Waals surface area contributed by atoms with E-state index in [1.807, 2.05) is 20.8 Å². The van der Waals surface area contributed by atoms with E-state index in [4.69, 9.17) is 14.2 Å². The lowest BCUT2D eigenvalue weighted by molar-refractivity contribution is -0.167. The lowest BCUT2D eigenvalue weighted by Crippen LogP contribution is -2.63. The maximum Gasteiger partial charge on any atom is 0.511 e. The molecule has 3 rings (SSSR count). The first-order valence-corrected chi connectivity index (χ1v) is 13.1. The van der Waals surface area contributed by atoms with Crippen LogP contribution in [0.4, 0.5) is 4.79 Å². The fourth-order valence-corrected chi connectivity index (χ4v) is 5.97. The Morgan fingerprint density at radius 3 is 2.66 bits per heavy atom. The molecule has 0 unspecified atom stereocenters. The van der Waals surface area contributed by atoms with Crippen molar-refractivity contribution in [2.75, 3.05) is 6.79 Å². The van der Waals surface area contributed by atoms with E-state index in [0.717, 1.165) is 4.88 Å². The summed E-state index contributed by atoms with van der Waals surface area (Å²) in [6.07, 6.45) is 0.957. The molecule has 0 aromatic carbocycles. The smallest absolute Gasteiger partial charge is 0.431 e. The third-order valence-corrected chi connectivity index (χ3v) is 8.01. The van der Waals surface area contributed by atoms with Crippen LogP contribution in [-0.2, 0) is 30.4 Å². The van der Waals surface area contributed by atoms with E-state index in [1.165, 1.54) is 28.0 Å². The van der Waals surface area contributed by atoms with Gasteiger partial charge in [0.05, 0.1) is 40.8 Å². The van der Waals surface area contributed by atoms with Crippen molar-refractivity contribution in [3.8, 4) is 0 Å². The molecule has 0 aliphatic carbocycles. The van der Waals surface area contributed by atoms with Gasteiger partial charge in [-0.05, 0) is 31.2 Å². The third-order valence-electron chi connectivity index (χ3n) is 6.08. The molecule has 1 aromatic rings. The van der Waals surface area contributed by atoms with Gasteiger partial charge in [-0.3, -0.25) is 4.79 Å². The van der Waals surface area contributed by atoms with Crippen molar-refractivity contribution in [1.29, 1.82) is 0 Å². The van der Waals surface area contributed by atoms with Gasteiger partial charge < -0.3 is 29.3 Å². The molecule has 12 heteroatoms. The van der Waals surface area contributed by atoms with Gasteiger partial charge in [0, 0.05) is 10.8 Å². The first kappa shape index (κ1) is 27.2. The number of carbonyl (C=O) groups is 3. The SMILES string of the molecule is CCC(CC)OC(=O)OCOC(=O)C1=C(S/C=C\c2scnc2CO)[C@H](C)[C@@H]2[C@@H]([C@@H](C)O)C(=O)N12. The third kappa shape index (κ3) is 5.71. The lowest BCUT2D eigenvalue weighted by atomic mass is 9.79. The topological polar surface area (TPSA) is 135 Å². The van der Waals surface area contributed by atoms with Crippen LogP contribution in [0.5, 0.6) is 0 Å². The van der Waals surface area contributed by atoms with Crippen LogP contribution in [0.25, 0.3) is 6.08 Å². The average molecular weight is 527 g/mol. The molecule has 1 saturated heterocycles. The molecule has 1 fully saturated rings. The standard InChI is InChI=1S/C23H30N2O8S2/c1-5-14(6-2)33-23(30)32-11-31-22(29)19-20(34-8-7-16-15(9-26)24-10-35-16)12(3)18-17(13(4)27)21(28)25(18)19/h7-8,10,12-14,17-18,26-27H,5-6,9,11H2,1-4H3/b8-7-/t12-,13-,17-,18-/m1/s1. The molecule has 3 heterocycles. The zero-order valence-electron chi connectivity index (χ0n) is 20.0. The number of hydrogen-bond donors (Lipinski definition) is 2. The molecule has 0 saturated carbocycles. The summed E-state index contributed by atoms with van der Waals surface area (Å²) in [5.74, 6) is -2.02. The van der Waals surface area contributed by atoms with Crippen LogP contribution >= 0.6 is 23.1 Å². The molecule has 192 valence electrons. The molecular formula is C23H30N2O8S2. The Bertz CT molecular complexity index is 1000. The van der Waals surface area contributed by atoms with E-state index in [1.54, 1.807) is 23.9 Å². The van der Waals surface area contributed by atoms with Crippen molar-refractivity contribution in [2.24, 2.45) is 11.8 Å². The van der Waals surface area contributed by atoms with Crippen LogP contribution in [0, 0.1) is 11.8 Å². The second-order valence-corrected chi connectivity index (χ2v) is 10.0. The number of fused-ring (bicyclic) bond motifs is 1. The minimum Gasteiger partial charge on any atom is -0.431 e. The first-order chi connectivity index (χ1) is 16.7. The van der Waals surface area contributed by atoms with E-state index < -0.39 is 30.9 Å². The fourth-order valence-electron chi connectivity index (χ4n) is 4.20. The monoisotopic (exact) mass is 526 g/mol. The van der Waals surface area contributed by atoms with E-state index in [-0.39, 0.29) is 36.3 Å². The molecule has 1 aromatic heterocycles. The fraction of sp³-hybridized carbons (Fsp3) is 0.565. The van der Waals surface area contributed by atoms with Gasteiger partial charge >= 0.3 is 12.1 Å². The second-order valence-electron chi connectivity index (χ2n) is 8.21. The highest BCUT2D eigenvalue weighted by atomic mass is 32.2. The summed E-state index contributed by atoms with van der Waals surface area (Å²) in [5.41, 5.74) is 2.25. The highest BCUT2D eigenvalue weighted by Gasteiger charge is 2.60. The first-order valence-electron chi connectivity index (χ1n) is 11.4. The quantitative estimate of drug-likeness (QED) is 0.251. The normalized spacial score (nSPS) is 22.4. The van der Waals surface area contributed by atoms with Crippen molar-refractivity contribution in [1.82, 2.24) is 9.88 Å².